The van der Waals surface area contributed by atoms with Crippen molar-refractivity contribution in [2.45, 2.75) is 19.3 Å². The minimum absolute atomic E-state index is 0.151. The van der Waals surface area contributed by atoms with Crippen LogP contribution in [0.25, 0.3) is 11.1 Å². The van der Waals surface area contributed by atoms with Gasteiger partial charge in [-0.1, -0.05) is 61.8 Å². The van der Waals surface area contributed by atoms with Crippen LogP contribution in [0.3, 0.4) is 0 Å². The summed E-state index contributed by atoms with van der Waals surface area (Å²) in [6.07, 6.45) is 0. The van der Waals surface area contributed by atoms with E-state index in [1.54, 1.807) is 0 Å². The average molecular weight is 206 g/mol. The highest BCUT2D eigenvalue weighted by atomic mass is 14.4. The van der Waals surface area contributed by atoms with E-state index in [1.165, 1.54) is 27.7 Å². The van der Waals surface area contributed by atoms with Gasteiger partial charge in [0, 0.05) is 5.41 Å². The van der Waals surface area contributed by atoms with Crippen molar-refractivity contribution in [2.75, 3.05) is 0 Å². The lowest BCUT2D eigenvalue weighted by molar-refractivity contribution is 0.661. The molecule has 0 radical (unpaired) electrons. The fourth-order valence-corrected chi connectivity index (χ4v) is 2.82. The molecule has 0 fully saturated rings. The molecule has 1 aliphatic rings. The van der Waals surface area contributed by atoms with Crippen molar-refractivity contribution >= 4 is 13.3 Å². The molecule has 1 aliphatic carbocycles. The van der Waals surface area contributed by atoms with Crippen molar-refractivity contribution in [2.24, 2.45) is 0 Å². The molecular formula is C15H15B. The van der Waals surface area contributed by atoms with Crippen LogP contribution in [-0.4, -0.2) is 7.85 Å². The summed E-state index contributed by atoms with van der Waals surface area (Å²) in [6.45, 7) is 4.63. The summed E-state index contributed by atoms with van der Waals surface area (Å²) in [4.78, 5) is 0. The summed E-state index contributed by atoms with van der Waals surface area (Å²) in [7, 11) is 2.17. The Bertz CT molecular complexity index is 567. The summed E-state index contributed by atoms with van der Waals surface area (Å²) >= 11 is 0. The van der Waals surface area contributed by atoms with Gasteiger partial charge in [0.05, 0.1) is 0 Å². The molecule has 2 aromatic rings. The van der Waals surface area contributed by atoms with Gasteiger partial charge in [-0.05, 0) is 22.3 Å². The van der Waals surface area contributed by atoms with Crippen LogP contribution >= 0.6 is 0 Å². The maximum absolute atomic E-state index is 2.33. The van der Waals surface area contributed by atoms with Crippen LogP contribution in [0.4, 0.5) is 0 Å². The van der Waals surface area contributed by atoms with Crippen LogP contribution in [0.5, 0.6) is 0 Å². The topological polar surface area (TPSA) is 0 Å². The molecule has 3 rings (SSSR count). The lowest BCUT2D eigenvalue weighted by atomic mass is 9.80. The molecule has 0 nitrogen and oxygen atoms in total. The van der Waals surface area contributed by atoms with E-state index >= 15 is 0 Å². The van der Waals surface area contributed by atoms with E-state index in [0.29, 0.717) is 0 Å². The fourth-order valence-electron chi connectivity index (χ4n) is 2.82. The van der Waals surface area contributed by atoms with Crippen LogP contribution in [-0.2, 0) is 5.41 Å². The first-order valence-corrected chi connectivity index (χ1v) is 5.82. The lowest BCUT2D eigenvalue weighted by Gasteiger charge is -2.21. The molecule has 0 spiro atoms. The van der Waals surface area contributed by atoms with Gasteiger partial charge in [-0.25, -0.2) is 0 Å². The van der Waals surface area contributed by atoms with Crippen molar-refractivity contribution in [3.05, 3.63) is 53.6 Å². The van der Waals surface area contributed by atoms with Crippen LogP contribution < -0.4 is 5.46 Å². The molecule has 0 amide bonds. The Morgan fingerprint density at radius 2 is 1.56 bits per heavy atom. The molecule has 0 saturated carbocycles. The Morgan fingerprint density at radius 1 is 0.875 bits per heavy atom. The van der Waals surface area contributed by atoms with Crippen LogP contribution in [0.2, 0.25) is 0 Å². The molecule has 0 bridgehead atoms. The molecule has 0 saturated heterocycles. The van der Waals surface area contributed by atoms with Crippen molar-refractivity contribution in [1.29, 1.82) is 0 Å². The van der Waals surface area contributed by atoms with Gasteiger partial charge in [0.25, 0.3) is 0 Å². The summed E-state index contributed by atoms with van der Waals surface area (Å²) in [5, 5.41) is 0. The molecule has 0 aliphatic heterocycles. The van der Waals surface area contributed by atoms with E-state index in [2.05, 4.69) is 64.2 Å². The van der Waals surface area contributed by atoms with Gasteiger partial charge in [0.2, 0.25) is 0 Å². The monoisotopic (exact) mass is 206 g/mol. The third-order valence-electron chi connectivity index (χ3n) is 3.74. The van der Waals surface area contributed by atoms with Crippen molar-refractivity contribution in [3.63, 3.8) is 0 Å². The normalized spacial score (nSPS) is 15.6. The maximum atomic E-state index is 2.33. The van der Waals surface area contributed by atoms with Crippen molar-refractivity contribution < 1.29 is 0 Å². The SMILES string of the molecule is Bc1ccc2c(c1)C(C)(C)c1ccccc1-2. The Balaban J connectivity index is 2.39. The smallest absolute Gasteiger partial charge is 0.0886 e. The van der Waals surface area contributed by atoms with Gasteiger partial charge in [-0.2, -0.15) is 0 Å². The summed E-state index contributed by atoms with van der Waals surface area (Å²) < 4.78 is 0. The van der Waals surface area contributed by atoms with Gasteiger partial charge in [0.15, 0.2) is 0 Å². The Labute approximate surface area is 97.7 Å². The average Bonchev–Trinajstić information content (AvgIpc) is 2.49. The molecule has 16 heavy (non-hydrogen) atoms. The Morgan fingerprint density at radius 3 is 2.38 bits per heavy atom. The van der Waals surface area contributed by atoms with Gasteiger partial charge in [-0.3, -0.25) is 0 Å². The zero-order chi connectivity index (χ0) is 11.3. The number of benzene rings is 2. The van der Waals surface area contributed by atoms with E-state index < -0.39 is 0 Å². The molecule has 0 heterocycles. The van der Waals surface area contributed by atoms with Crippen molar-refractivity contribution in [1.82, 2.24) is 0 Å². The largest absolute Gasteiger partial charge is 0.139 e. The molecule has 0 unspecified atom stereocenters. The Kier molecular flexibility index (Phi) is 1.82. The maximum Gasteiger partial charge on any atom is 0.139 e. The second-order valence-corrected chi connectivity index (χ2v) is 5.22. The Hall–Kier alpha value is -1.50. The first-order valence-electron chi connectivity index (χ1n) is 5.82. The third kappa shape index (κ3) is 1.12. The van der Waals surface area contributed by atoms with Crippen LogP contribution in [0, 0.1) is 0 Å². The van der Waals surface area contributed by atoms with Crippen LogP contribution in [0.1, 0.15) is 25.0 Å². The predicted molar refractivity (Wildman–Crippen MR) is 72.2 cm³/mol. The predicted octanol–water partition coefficient (Wildman–Crippen LogP) is 2.25. The molecular weight excluding hydrogens is 191 g/mol. The van der Waals surface area contributed by atoms with E-state index in [1.807, 2.05) is 0 Å². The van der Waals surface area contributed by atoms with E-state index in [-0.39, 0.29) is 5.41 Å². The molecule has 1 heteroatoms. The van der Waals surface area contributed by atoms with Gasteiger partial charge >= 0.3 is 0 Å². The fraction of sp³-hybridized carbons (Fsp3) is 0.200. The first kappa shape index (κ1) is 9.71. The standard InChI is InChI=1S/C15H15B/c1-15(2)13-6-4-3-5-11(13)12-8-7-10(16)9-14(12)15/h3-9H,16H2,1-2H3. The minimum atomic E-state index is 0.151. The number of fused-ring (bicyclic) bond motifs is 3. The molecule has 0 N–H and O–H groups in total. The molecule has 2 aromatic carbocycles. The van der Waals surface area contributed by atoms with Crippen molar-refractivity contribution in [3.8, 4) is 11.1 Å². The van der Waals surface area contributed by atoms with Gasteiger partial charge < -0.3 is 0 Å². The number of hydrogen-bond donors (Lipinski definition) is 0. The second kappa shape index (κ2) is 3.01. The van der Waals surface area contributed by atoms with Gasteiger partial charge in [0.1, 0.15) is 7.85 Å². The molecule has 0 aromatic heterocycles. The summed E-state index contributed by atoms with van der Waals surface area (Å²) in [5.41, 5.74) is 7.23. The lowest BCUT2D eigenvalue weighted by Crippen LogP contribution is -2.17. The summed E-state index contributed by atoms with van der Waals surface area (Å²) in [6, 6.07) is 15.6. The third-order valence-corrected chi connectivity index (χ3v) is 3.74. The second-order valence-electron chi connectivity index (χ2n) is 5.22. The molecule has 0 atom stereocenters. The van der Waals surface area contributed by atoms with E-state index in [9.17, 15) is 0 Å². The quantitative estimate of drug-likeness (QED) is 0.580. The summed E-state index contributed by atoms with van der Waals surface area (Å²) in [5.74, 6) is 0. The highest BCUT2D eigenvalue weighted by Gasteiger charge is 2.34. The zero-order valence-corrected chi connectivity index (χ0v) is 10.0. The zero-order valence-electron chi connectivity index (χ0n) is 10.0. The van der Waals surface area contributed by atoms with Gasteiger partial charge in [-0.15, -0.1) is 0 Å². The number of hydrogen-bond acceptors (Lipinski definition) is 0. The van der Waals surface area contributed by atoms with E-state index in [0.717, 1.165) is 0 Å². The highest BCUT2D eigenvalue weighted by molar-refractivity contribution is 6.32. The highest BCUT2D eigenvalue weighted by Crippen LogP contribution is 2.47. The van der Waals surface area contributed by atoms with E-state index in [4.69, 9.17) is 0 Å². The van der Waals surface area contributed by atoms with Crippen LogP contribution in [0.15, 0.2) is 42.5 Å². The molecule has 78 valence electrons. The number of rotatable bonds is 0. The first-order chi connectivity index (χ1) is 7.60. The minimum Gasteiger partial charge on any atom is -0.0886 e.